The van der Waals surface area contributed by atoms with E-state index in [2.05, 4.69) is 50.6 Å². The van der Waals surface area contributed by atoms with Gasteiger partial charge in [0.1, 0.15) is 0 Å². The van der Waals surface area contributed by atoms with Crippen molar-refractivity contribution in [2.75, 3.05) is 6.54 Å². The van der Waals surface area contributed by atoms with Crippen LogP contribution in [0.1, 0.15) is 47.5 Å². The minimum absolute atomic E-state index is 0.293. The Morgan fingerprint density at radius 1 is 1.25 bits per heavy atom. The highest BCUT2D eigenvalue weighted by Crippen LogP contribution is 2.21. The third-order valence-corrected chi connectivity index (χ3v) is 3.26. The zero-order valence-electron chi connectivity index (χ0n) is 11.2. The van der Waals surface area contributed by atoms with Crippen molar-refractivity contribution in [2.45, 2.75) is 64.6 Å². The van der Waals surface area contributed by atoms with Crippen molar-refractivity contribution in [1.29, 1.82) is 0 Å². The summed E-state index contributed by atoms with van der Waals surface area (Å²) in [4.78, 5) is 0. The van der Waals surface area contributed by atoms with Crippen molar-refractivity contribution < 1.29 is 5.32 Å². The van der Waals surface area contributed by atoms with Gasteiger partial charge in [-0.05, 0) is 46.8 Å². The Labute approximate surface area is 105 Å². The molecule has 0 saturated carbocycles. The number of hydrogen-bond acceptors (Lipinski definition) is 1. The van der Waals surface area contributed by atoms with E-state index in [1.165, 1.54) is 0 Å². The van der Waals surface area contributed by atoms with Crippen LogP contribution in [0.25, 0.3) is 0 Å². The van der Waals surface area contributed by atoms with Gasteiger partial charge in [-0.15, -0.1) is 0 Å². The van der Waals surface area contributed by atoms with E-state index in [4.69, 9.17) is 12.2 Å². The van der Waals surface area contributed by atoms with Gasteiger partial charge in [-0.3, -0.25) is 0 Å². The molecule has 0 unspecified atom stereocenters. The van der Waals surface area contributed by atoms with Crippen molar-refractivity contribution >= 4 is 17.3 Å². The maximum Gasteiger partial charge on any atom is 0.166 e. The Hall–Kier alpha value is -0.350. The van der Waals surface area contributed by atoms with Crippen LogP contribution in [0.5, 0.6) is 0 Å². The molecule has 0 atom stereocenters. The molecule has 0 aliphatic carbocycles. The second-order valence-electron chi connectivity index (χ2n) is 6.23. The summed E-state index contributed by atoms with van der Waals surface area (Å²) in [5.41, 5.74) is 0.586. The van der Waals surface area contributed by atoms with Crippen molar-refractivity contribution in [2.24, 2.45) is 0 Å². The van der Waals surface area contributed by atoms with E-state index >= 15 is 0 Å². The minimum atomic E-state index is 0.293. The summed E-state index contributed by atoms with van der Waals surface area (Å²) in [6.45, 7) is 12.2. The van der Waals surface area contributed by atoms with Crippen LogP contribution in [0.4, 0.5) is 0 Å². The molecule has 0 aromatic heterocycles. The van der Waals surface area contributed by atoms with Crippen molar-refractivity contribution in [1.82, 2.24) is 10.6 Å². The van der Waals surface area contributed by atoms with Crippen LogP contribution >= 0.6 is 12.2 Å². The van der Waals surface area contributed by atoms with Gasteiger partial charge < -0.3 is 16.0 Å². The van der Waals surface area contributed by atoms with Gasteiger partial charge in [-0.25, -0.2) is 0 Å². The Bertz CT molecular complexity index is 245. The largest absolute Gasteiger partial charge is 0.363 e. The van der Waals surface area contributed by atoms with Crippen LogP contribution in [0.15, 0.2) is 0 Å². The van der Waals surface area contributed by atoms with E-state index < -0.39 is 0 Å². The van der Waals surface area contributed by atoms with Crippen LogP contribution in [0.2, 0.25) is 0 Å². The molecule has 3 nitrogen and oxygen atoms in total. The molecule has 1 fully saturated rings. The molecular weight excluding hydrogens is 218 g/mol. The fourth-order valence-electron chi connectivity index (χ4n) is 3.02. The number of quaternary nitrogens is 1. The van der Waals surface area contributed by atoms with E-state index in [9.17, 15) is 0 Å². The quantitative estimate of drug-likeness (QED) is 0.628. The molecule has 1 saturated heterocycles. The fourth-order valence-corrected chi connectivity index (χ4v) is 3.33. The smallest absolute Gasteiger partial charge is 0.166 e. The third-order valence-electron chi connectivity index (χ3n) is 3.00. The number of nitrogens with two attached hydrogens (primary N) is 1. The predicted octanol–water partition coefficient (Wildman–Crippen LogP) is 0.753. The van der Waals surface area contributed by atoms with Gasteiger partial charge in [-0.2, -0.15) is 0 Å². The second-order valence-corrected chi connectivity index (χ2v) is 6.64. The molecular formula is C12H26N3S+. The summed E-state index contributed by atoms with van der Waals surface area (Å²) in [6, 6.07) is 0.488. The summed E-state index contributed by atoms with van der Waals surface area (Å²) in [5.74, 6) is 0. The fraction of sp³-hybridized carbons (Fsp3) is 0.917. The highest BCUT2D eigenvalue weighted by Gasteiger charge is 2.41. The minimum Gasteiger partial charge on any atom is -0.363 e. The Morgan fingerprint density at radius 2 is 1.75 bits per heavy atom. The first-order chi connectivity index (χ1) is 7.24. The highest BCUT2D eigenvalue weighted by molar-refractivity contribution is 7.80. The average Bonchev–Trinajstić information content (AvgIpc) is 1.96. The summed E-state index contributed by atoms with van der Waals surface area (Å²) in [6.07, 6.45) is 2.31. The molecule has 0 spiro atoms. The Morgan fingerprint density at radius 3 is 2.19 bits per heavy atom. The lowest BCUT2D eigenvalue weighted by Crippen LogP contribution is -3.06. The average molecular weight is 244 g/mol. The maximum absolute atomic E-state index is 5.25. The van der Waals surface area contributed by atoms with E-state index in [0.29, 0.717) is 17.1 Å². The first kappa shape index (κ1) is 13.7. The lowest BCUT2D eigenvalue weighted by atomic mass is 9.80. The molecule has 1 rings (SSSR count). The molecule has 0 bridgehead atoms. The number of rotatable bonds is 2. The summed E-state index contributed by atoms with van der Waals surface area (Å²) >= 11 is 5.25. The molecule has 0 aromatic rings. The van der Waals surface area contributed by atoms with Gasteiger partial charge in [0.25, 0.3) is 0 Å². The van der Waals surface area contributed by atoms with Gasteiger partial charge in [0.2, 0.25) is 0 Å². The normalized spacial score (nSPS) is 23.8. The van der Waals surface area contributed by atoms with Crippen LogP contribution in [0, 0.1) is 0 Å². The summed E-state index contributed by atoms with van der Waals surface area (Å²) < 4.78 is 0. The Balaban J connectivity index is 2.57. The van der Waals surface area contributed by atoms with Crippen LogP contribution in [0.3, 0.4) is 0 Å². The van der Waals surface area contributed by atoms with E-state index in [1.54, 1.807) is 0 Å². The second kappa shape index (κ2) is 4.88. The zero-order valence-corrected chi connectivity index (χ0v) is 12.0. The topological polar surface area (TPSA) is 40.7 Å². The summed E-state index contributed by atoms with van der Waals surface area (Å²) in [5, 5.41) is 9.86. The van der Waals surface area contributed by atoms with Crippen molar-refractivity contribution in [3.63, 3.8) is 0 Å². The molecule has 1 aliphatic rings. The van der Waals surface area contributed by atoms with Gasteiger partial charge in [0.15, 0.2) is 5.11 Å². The molecule has 0 aromatic carbocycles. The predicted molar refractivity (Wildman–Crippen MR) is 72.5 cm³/mol. The standard InChI is InChI=1S/C12H25N3S/c1-6-13-10(16)14-9-7-11(2,3)15-12(4,5)8-9/h9,15H,6-8H2,1-5H3,(H2,13,14,16)/p+1. The SMILES string of the molecule is CCNC(=S)NC1CC(C)(C)[NH2+]C(C)(C)C1. The molecule has 1 heterocycles. The van der Waals surface area contributed by atoms with Crippen molar-refractivity contribution in [3.8, 4) is 0 Å². The first-order valence-corrected chi connectivity index (χ1v) is 6.56. The molecule has 0 amide bonds. The van der Waals surface area contributed by atoms with Crippen molar-refractivity contribution in [3.05, 3.63) is 0 Å². The molecule has 4 N–H and O–H groups in total. The van der Waals surface area contributed by atoms with Gasteiger partial charge in [-0.1, -0.05) is 0 Å². The molecule has 1 aliphatic heterocycles. The van der Waals surface area contributed by atoms with E-state index in [0.717, 1.165) is 24.5 Å². The molecule has 0 radical (unpaired) electrons. The van der Waals surface area contributed by atoms with Gasteiger partial charge in [0.05, 0.1) is 11.1 Å². The third kappa shape index (κ3) is 4.26. The highest BCUT2D eigenvalue weighted by atomic mass is 32.1. The van der Waals surface area contributed by atoms with E-state index in [1.807, 2.05) is 0 Å². The number of nitrogens with one attached hydrogen (secondary N) is 2. The Kier molecular flexibility index (Phi) is 4.18. The van der Waals surface area contributed by atoms with Gasteiger partial charge in [0, 0.05) is 25.4 Å². The maximum atomic E-state index is 5.25. The number of hydrogen-bond donors (Lipinski definition) is 3. The molecule has 4 heteroatoms. The lowest BCUT2D eigenvalue weighted by molar-refractivity contribution is -0.787. The zero-order chi connectivity index (χ0) is 12.4. The molecule has 94 valence electrons. The van der Waals surface area contributed by atoms with Crippen LogP contribution < -0.4 is 16.0 Å². The van der Waals surface area contributed by atoms with E-state index in [-0.39, 0.29) is 0 Å². The lowest BCUT2D eigenvalue weighted by Gasteiger charge is -2.43. The summed E-state index contributed by atoms with van der Waals surface area (Å²) in [7, 11) is 0. The molecule has 16 heavy (non-hydrogen) atoms. The monoisotopic (exact) mass is 244 g/mol. The van der Waals surface area contributed by atoms with Crippen LogP contribution in [-0.2, 0) is 0 Å². The number of piperidine rings is 1. The first-order valence-electron chi connectivity index (χ1n) is 6.15. The van der Waals surface area contributed by atoms with Gasteiger partial charge >= 0.3 is 0 Å². The number of thiocarbonyl (C=S) groups is 1. The van der Waals surface area contributed by atoms with Crippen LogP contribution in [-0.4, -0.2) is 28.8 Å².